The van der Waals surface area contributed by atoms with Crippen LogP contribution >= 0.6 is 15.9 Å². The van der Waals surface area contributed by atoms with E-state index in [0.717, 1.165) is 6.26 Å². The maximum Gasteiger partial charge on any atom is 0.255 e. The van der Waals surface area contributed by atoms with Crippen molar-refractivity contribution in [2.24, 2.45) is 0 Å². The zero-order chi connectivity index (χ0) is 17.9. The first-order valence-corrected chi connectivity index (χ1v) is 9.70. The van der Waals surface area contributed by atoms with Gasteiger partial charge >= 0.3 is 0 Å². The fraction of sp³-hybridized carbons (Fsp3) is 0.188. The van der Waals surface area contributed by atoms with Crippen molar-refractivity contribution in [2.45, 2.75) is 6.92 Å². The highest BCUT2D eigenvalue weighted by atomic mass is 79.9. The van der Waals surface area contributed by atoms with Gasteiger partial charge in [-0.25, -0.2) is 12.8 Å². The number of anilines is 2. The van der Waals surface area contributed by atoms with Gasteiger partial charge in [0, 0.05) is 16.6 Å². The van der Waals surface area contributed by atoms with E-state index in [0.29, 0.717) is 15.7 Å². The number of carbonyl (C=O) groups is 1. The van der Waals surface area contributed by atoms with Crippen molar-refractivity contribution >= 4 is 43.2 Å². The molecular formula is C16H16BrFN2O3S. The van der Waals surface area contributed by atoms with E-state index in [1.807, 2.05) is 0 Å². The number of nitrogens with zero attached hydrogens (tertiary/aromatic N) is 1. The van der Waals surface area contributed by atoms with E-state index in [-0.39, 0.29) is 12.2 Å². The van der Waals surface area contributed by atoms with Crippen molar-refractivity contribution in [1.29, 1.82) is 0 Å². The second-order valence-electron chi connectivity index (χ2n) is 5.05. The fourth-order valence-electron chi connectivity index (χ4n) is 2.17. The van der Waals surface area contributed by atoms with Crippen LogP contribution in [-0.4, -0.2) is 27.1 Å². The highest BCUT2D eigenvalue weighted by molar-refractivity contribution is 9.10. The van der Waals surface area contributed by atoms with E-state index >= 15 is 0 Å². The number of nitrogens with one attached hydrogen (secondary N) is 1. The van der Waals surface area contributed by atoms with Crippen molar-refractivity contribution in [3.63, 3.8) is 0 Å². The zero-order valence-electron chi connectivity index (χ0n) is 13.1. The highest BCUT2D eigenvalue weighted by Crippen LogP contribution is 2.21. The molecular weight excluding hydrogens is 399 g/mol. The Hall–Kier alpha value is -1.93. The Bertz CT molecular complexity index is 854. The van der Waals surface area contributed by atoms with Gasteiger partial charge in [0.05, 0.1) is 17.6 Å². The van der Waals surface area contributed by atoms with Crippen LogP contribution in [0.15, 0.2) is 46.9 Å². The number of benzene rings is 2. The fourth-order valence-corrected chi connectivity index (χ4v) is 3.48. The van der Waals surface area contributed by atoms with Crippen LogP contribution in [0.5, 0.6) is 0 Å². The molecule has 2 aromatic carbocycles. The highest BCUT2D eigenvalue weighted by Gasteiger charge is 2.16. The summed E-state index contributed by atoms with van der Waals surface area (Å²) in [5.74, 6) is -1.03. The van der Waals surface area contributed by atoms with Crippen LogP contribution in [0.1, 0.15) is 17.3 Å². The predicted octanol–water partition coefficient (Wildman–Crippen LogP) is 3.63. The van der Waals surface area contributed by atoms with Gasteiger partial charge in [0.25, 0.3) is 5.91 Å². The van der Waals surface area contributed by atoms with Crippen molar-refractivity contribution in [2.75, 3.05) is 22.4 Å². The van der Waals surface area contributed by atoms with Gasteiger partial charge in [0.15, 0.2) is 0 Å². The van der Waals surface area contributed by atoms with Crippen molar-refractivity contribution in [3.05, 3.63) is 58.3 Å². The number of carbonyl (C=O) groups excluding carboxylic acids is 1. The molecule has 0 saturated heterocycles. The first-order valence-electron chi connectivity index (χ1n) is 7.06. The largest absolute Gasteiger partial charge is 0.319 e. The Morgan fingerprint density at radius 1 is 1.21 bits per heavy atom. The first-order chi connectivity index (χ1) is 11.2. The van der Waals surface area contributed by atoms with Gasteiger partial charge in [-0.3, -0.25) is 9.10 Å². The van der Waals surface area contributed by atoms with Crippen LogP contribution < -0.4 is 9.62 Å². The number of hydrogen-bond donors (Lipinski definition) is 1. The lowest BCUT2D eigenvalue weighted by molar-refractivity contribution is 0.102. The number of amides is 1. The van der Waals surface area contributed by atoms with Crippen LogP contribution in [0.3, 0.4) is 0 Å². The van der Waals surface area contributed by atoms with E-state index in [4.69, 9.17) is 0 Å². The quantitative estimate of drug-likeness (QED) is 0.811. The molecule has 0 bridgehead atoms. The molecule has 0 radical (unpaired) electrons. The van der Waals surface area contributed by atoms with Gasteiger partial charge in [-0.15, -0.1) is 0 Å². The lowest BCUT2D eigenvalue weighted by Crippen LogP contribution is -2.29. The number of hydrogen-bond acceptors (Lipinski definition) is 3. The minimum atomic E-state index is -3.38. The Morgan fingerprint density at radius 3 is 2.33 bits per heavy atom. The summed E-state index contributed by atoms with van der Waals surface area (Å²) >= 11 is 3.15. The van der Waals surface area contributed by atoms with Crippen molar-refractivity contribution in [3.8, 4) is 0 Å². The standard InChI is InChI=1S/C16H16BrFN2O3S/c1-3-20(24(2,22)23)13-7-4-11(5-8-13)16(21)19-15-9-6-12(17)10-14(15)18/h4-10H,3H2,1-2H3,(H,19,21). The number of rotatable bonds is 5. The van der Waals surface area contributed by atoms with Crippen LogP contribution in [0.25, 0.3) is 0 Å². The first kappa shape index (κ1) is 18.4. The molecule has 1 N–H and O–H groups in total. The Kier molecular flexibility index (Phi) is 5.61. The predicted molar refractivity (Wildman–Crippen MR) is 96.4 cm³/mol. The molecule has 8 heteroatoms. The van der Waals surface area contributed by atoms with E-state index in [2.05, 4.69) is 21.2 Å². The summed E-state index contributed by atoms with van der Waals surface area (Å²) < 4.78 is 38.9. The summed E-state index contributed by atoms with van der Waals surface area (Å²) in [6.07, 6.45) is 1.12. The average Bonchev–Trinajstić information content (AvgIpc) is 2.50. The number of sulfonamides is 1. The van der Waals surface area contributed by atoms with E-state index in [9.17, 15) is 17.6 Å². The molecule has 0 aliphatic heterocycles. The minimum Gasteiger partial charge on any atom is -0.319 e. The summed E-state index contributed by atoms with van der Waals surface area (Å²) in [6.45, 7) is 2.01. The Balaban J connectivity index is 2.19. The van der Waals surface area contributed by atoms with Gasteiger partial charge in [-0.05, 0) is 49.4 Å². The van der Waals surface area contributed by atoms with Crippen LogP contribution in [0, 0.1) is 5.82 Å². The van der Waals surface area contributed by atoms with E-state index < -0.39 is 21.7 Å². The third-order valence-electron chi connectivity index (χ3n) is 3.28. The smallest absolute Gasteiger partial charge is 0.255 e. The van der Waals surface area contributed by atoms with Gasteiger partial charge in [0.2, 0.25) is 10.0 Å². The Morgan fingerprint density at radius 2 is 1.83 bits per heavy atom. The van der Waals surface area contributed by atoms with Crippen LogP contribution in [0.4, 0.5) is 15.8 Å². The SMILES string of the molecule is CCN(c1ccc(C(=O)Nc2ccc(Br)cc2F)cc1)S(C)(=O)=O. The molecule has 128 valence electrons. The monoisotopic (exact) mass is 414 g/mol. The lowest BCUT2D eigenvalue weighted by atomic mass is 10.2. The summed E-state index contributed by atoms with van der Waals surface area (Å²) in [4.78, 5) is 12.2. The molecule has 0 atom stereocenters. The molecule has 0 aromatic heterocycles. The van der Waals surface area contributed by atoms with Crippen molar-refractivity contribution < 1.29 is 17.6 Å². The molecule has 0 aliphatic carbocycles. The Labute approximate surface area is 148 Å². The molecule has 2 rings (SSSR count). The maximum atomic E-state index is 13.8. The second kappa shape index (κ2) is 7.31. The third kappa shape index (κ3) is 4.33. The lowest BCUT2D eigenvalue weighted by Gasteiger charge is -2.20. The molecule has 0 saturated carbocycles. The molecule has 0 aliphatic rings. The third-order valence-corrected chi connectivity index (χ3v) is 5.05. The summed E-state index contributed by atoms with van der Waals surface area (Å²) in [5.41, 5.74) is 0.829. The molecule has 2 aromatic rings. The van der Waals surface area contributed by atoms with Gasteiger partial charge < -0.3 is 5.32 Å². The molecule has 5 nitrogen and oxygen atoms in total. The molecule has 0 spiro atoms. The molecule has 0 unspecified atom stereocenters. The summed E-state index contributed by atoms with van der Waals surface area (Å²) in [7, 11) is -3.38. The zero-order valence-corrected chi connectivity index (χ0v) is 15.5. The normalized spacial score (nSPS) is 11.2. The van der Waals surface area contributed by atoms with Gasteiger partial charge in [-0.1, -0.05) is 15.9 Å². The second-order valence-corrected chi connectivity index (χ2v) is 7.88. The summed E-state index contributed by atoms with van der Waals surface area (Å²) in [6, 6.07) is 10.4. The molecule has 24 heavy (non-hydrogen) atoms. The topological polar surface area (TPSA) is 66.5 Å². The van der Waals surface area contributed by atoms with Crippen LogP contribution in [0.2, 0.25) is 0 Å². The number of halogens is 2. The minimum absolute atomic E-state index is 0.0681. The molecule has 1 amide bonds. The average molecular weight is 415 g/mol. The molecule has 0 heterocycles. The molecule has 0 fully saturated rings. The van der Waals surface area contributed by atoms with Gasteiger partial charge in [0.1, 0.15) is 5.82 Å². The maximum absolute atomic E-state index is 13.8. The summed E-state index contributed by atoms with van der Waals surface area (Å²) in [5, 5.41) is 2.48. The van der Waals surface area contributed by atoms with Gasteiger partial charge in [-0.2, -0.15) is 0 Å². The van der Waals surface area contributed by atoms with E-state index in [1.54, 1.807) is 13.0 Å². The van der Waals surface area contributed by atoms with Crippen LogP contribution in [-0.2, 0) is 10.0 Å². The van der Waals surface area contributed by atoms with Crippen molar-refractivity contribution in [1.82, 2.24) is 0 Å². The van der Waals surface area contributed by atoms with E-state index in [1.165, 1.54) is 40.7 Å².